The lowest BCUT2D eigenvalue weighted by Crippen LogP contribution is -2.69. The van der Waals surface area contributed by atoms with Gasteiger partial charge in [-0.25, -0.2) is 0 Å². The van der Waals surface area contributed by atoms with Crippen molar-refractivity contribution in [2.45, 2.75) is 217 Å². The summed E-state index contributed by atoms with van der Waals surface area (Å²) < 4.78 is 76.2. The van der Waals surface area contributed by atoms with Gasteiger partial charge in [0.2, 0.25) is 0 Å². The summed E-state index contributed by atoms with van der Waals surface area (Å²) in [6.45, 7) is -1.51. The number of aliphatic hydroxyl groups is 19. The molecule has 0 aliphatic carbocycles. The standard InChI is InChI=1S/C40H68O32/c1-8-15(46)30(69-37-24(55)20(51)18(49)12(3-41)65-37)27(58)39(62-8)71-32-28(67-35-22(53)16(47)10(44)6-60-35)9(2)63-40(33(32)72-38-25(56)21(52)19(50)13(4-42)66-38)70-31-26(57)34(59)64-14(5-43)29(31)68-36-23(54)17(48)11(45)7-61-36/h8-59H,3-7H2,1-2H3/t8-,9+,10-,11-,12-,13-,14-,15-,16+,17+,18-,19+,20+,21+,22-,23-,24+,25-,26-,27+,28-,29-,30+,31-,32-,33+,34-,35+,36+,37-,38-,39-,40+/m1/s1. The van der Waals surface area contributed by atoms with E-state index in [4.69, 9.17) is 61.6 Å². The lowest BCUT2D eigenvalue weighted by molar-refractivity contribution is -0.420. The second-order valence-corrected chi connectivity index (χ2v) is 18.6. The van der Waals surface area contributed by atoms with Gasteiger partial charge in [0.1, 0.15) is 146 Å². The number of hydrogen-bond acceptors (Lipinski definition) is 32. The Labute approximate surface area is 407 Å². The fourth-order valence-electron chi connectivity index (χ4n) is 9.30. The van der Waals surface area contributed by atoms with E-state index in [-0.39, 0.29) is 0 Å². The van der Waals surface area contributed by atoms with Crippen LogP contribution in [0.3, 0.4) is 0 Å². The second kappa shape index (κ2) is 24.6. The van der Waals surface area contributed by atoms with Crippen LogP contribution in [0.5, 0.6) is 0 Å². The van der Waals surface area contributed by atoms with E-state index in [0.29, 0.717) is 0 Å². The third-order valence-corrected chi connectivity index (χ3v) is 13.7. The van der Waals surface area contributed by atoms with Crippen molar-refractivity contribution in [1.29, 1.82) is 0 Å². The highest BCUT2D eigenvalue weighted by Crippen LogP contribution is 2.39. The fraction of sp³-hybridized carbons (Fsp3) is 1.00. The quantitative estimate of drug-likeness (QED) is 0.0724. The van der Waals surface area contributed by atoms with Gasteiger partial charge in [0.15, 0.2) is 44.0 Å². The Morgan fingerprint density at radius 2 is 0.708 bits per heavy atom. The van der Waals surface area contributed by atoms with Crippen molar-refractivity contribution >= 4 is 0 Å². The molecule has 7 aliphatic rings. The Hall–Kier alpha value is -1.28. The molecular weight excluding hydrogens is 992 g/mol. The summed E-state index contributed by atoms with van der Waals surface area (Å²) in [4.78, 5) is 0. The summed E-state index contributed by atoms with van der Waals surface area (Å²) >= 11 is 0. The molecule has 7 saturated heterocycles. The van der Waals surface area contributed by atoms with E-state index in [1.165, 1.54) is 13.8 Å². The molecule has 0 saturated carbocycles. The normalized spacial score (nSPS) is 54.9. The monoisotopic (exact) mass is 1060 g/mol. The van der Waals surface area contributed by atoms with E-state index < -0.39 is 236 Å². The highest BCUT2D eigenvalue weighted by molar-refractivity contribution is 5.01. The minimum Gasteiger partial charge on any atom is -0.394 e. The molecule has 0 bridgehead atoms. The van der Waals surface area contributed by atoms with Crippen molar-refractivity contribution < 1.29 is 159 Å². The van der Waals surface area contributed by atoms with Crippen LogP contribution in [-0.4, -0.2) is 333 Å². The molecule has 32 heteroatoms. The molecule has 7 heterocycles. The second-order valence-electron chi connectivity index (χ2n) is 18.6. The molecule has 7 aliphatic heterocycles. The Morgan fingerprint density at radius 3 is 1.21 bits per heavy atom. The molecule has 420 valence electrons. The van der Waals surface area contributed by atoms with Gasteiger partial charge in [0.25, 0.3) is 0 Å². The van der Waals surface area contributed by atoms with Gasteiger partial charge in [-0.3, -0.25) is 0 Å². The van der Waals surface area contributed by atoms with Crippen LogP contribution in [0.2, 0.25) is 0 Å². The molecule has 0 amide bonds. The first-order valence-corrected chi connectivity index (χ1v) is 23.2. The molecule has 7 fully saturated rings. The van der Waals surface area contributed by atoms with Crippen molar-refractivity contribution in [3.8, 4) is 0 Å². The molecule has 0 aromatic carbocycles. The Kier molecular flexibility index (Phi) is 19.9. The summed E-state index contributed by atoms with van der Waals surface area (Å²) in [5, 5.41) is 203. The molecule has 0 aromatic heterocycles. The van der Waals surface area contributed by atoms with Gasteiger partial charge in [0, 0.05) is 0 Å². The summed E-state index contributed by atoms with van der Waals surface area (Å²) in [6.07, 6.45) is -62.7. The van der Waals surface area contributed by atoms with E-state index in [9.17, 15) is 97.0 Å². The van der Waals surface area contributed by atoms with Gasteiger partial charge in [-0.2, -0.15) is 0 Å². The lowest BCUT2D eigenvalue weighted by Gasteiger charge is -2.52. The van der Waals surface area contributed by atoms with Crippen LogP contribution in [0.25, 0.3) is 0 Å². The summed E-state index contributed by atoms with van der Waals surface area (Å²) in [5.41, 5.74) is 0. The molecule has 7 rings (SSSR count). The van der Waals surface area contributed by atoms with Crippen LogP contribution in [0.1, 0.15) is 13.8 Å². The van der Waals surface area contributed by atoms with Crippen LogP contribution in [0, 0.1) is 0 Å². The average molecular weight is 1060 g/mol. The fourth-order valence-corrected chi connectivity index (χ4v) is 9.30. The zero-order valence-corrected chi connectivity index (χ0v) is 38.4. The molecule has 0 unspecified atom stereocenters. The molecule has 0 radical (unpaired) electrons. The van der Waals surface area contributed by atoms with Gasteiger partial charge in [-0.05, 0) is 13.8 Å². The highest BCUT2D eigenvalue weighted by atomic mass is 16.8. The van der Waals surface area contributed by atoms with Crippen LogP contribution < -0.4 is 0 Å². The maximum Gasteiger partial charge on any atom is 0.187 e. The number of aliphatic hydroxyl groups excluding tert-OH is 19. The first kappa shape index (κ1) is 58.4. The van der Waals surface area contributed by atoms with Crippen LogP contribution in [0.15, 0.2) is 0 Å². The van der Waals surface area contributed by atoms with E-state index in [1.54, 1.807) is 0 Å². The van der Waals surface area contributed by atoms with Crippen LogP contribution in [-0.2, 0) is 61.6 Å². The molecule has 0 spiro atoms. The summed E-state index contributed by atoms with van der Waals surface area (Å²) in [7, 11) is 0. The number of hydrogen-bond donors (Lipinski definition) is 19. The van der Waals surface area contributed by atoms with Crippen molar-refractivity contribution in [3.05, 3.63) is 0 Å². The molecule has 33 atom stereocenters. The van der Waals surface area contributed by atoms with Gasteiger partial charge >= 0.3 is 0 Å². The Balaban J connectivity index is 1.28. The van der Waals surface area contributed by atoms with E-state index >= 15 is 0 Å². The van der Waals surface area contributed by atoms with Crippen molar-refractivity contribution in [2.24, 2.45) is 0 Å². The largest absolute Gasteiger partial charge is 0.394 e. The van der Waals surface area contributed by atoms with Gasteiger partial charge in [-0.15, -0.1) is 0 Å². The van der Waals surface area contributed by atoms with Gasteiger partial charge < -0.3 is 159 Å². The maximum absolute atomic E-state index is 11.9. The number of rotatable bonds is 15. The minimum absolute atomic E-state index is 0.593. The van der Waals surface area contributed by atoms with Crippen molar-refractivity contribution in [2.75, 3.05) is 33.0 Å². The average Bonchev–Trinajstić information content (AvgIpc) is 3.35. The third-order valence-electron chi connectivity index (χ3n) is 13.7. The smallest absolute Gasteiger partial charge is 0.187 e. The molecule has 0 aromatic rings. The van der Waals surface area contributed by atoms with Crippen LogP contribution >= 0.6 is 0 Å². The summed E-state index contributed by atoms with van der Waals surface area (Å²) in [5.74, 6) is 0. The summed E-state index contributed by atoms with van der Waals surface area (Å²) in [6, 6.07) is 0. The van der Waals surface area contributed by atoms with E-state index in [0.717, 1.165) is 0 Å². The van der Waals surface area contributed by atoms with Crippen molar-refractivity contribution in [1.82, 2.24) is 0 Å². The predicted molar refractivity (Wildman–Crippen MR) is 217 cm³/mol. The first-order valence-electron chi connectivity index (χ1n) is 23.2. The molecule has 19 N–H and O–H groups in total. The molecule has 72 heavy (non-hydrogen) atoms. The topological polar surface area (TPSA) is 504 Å². The van der Waals surface area contributed by atoms with Crippen molar-refractivity contribution in [3.63, 3.8) is 0 Å². The minimum atomic E-state index is -2.21. The molecule has 32 nitrogen and oxygen atoms in total. The number of ether oxygens (including phenoxy) is 13. The predicted octanol–water partition coefficient (Wildman–Crippen LogP) is -12.9. The molecular formula is C40H68O32. The Morgan fingerprint density at radius 1 is 0.306 bits per heavy atom. The third kappa shape index (κ3) is 11.9. The van der Waals surface area contributed by atoms with E-state index in [2.05, 4.69) is 0 Å². The first-order chi connectivity index (χ1) is 34.0. The van der Waals surface area contributed by atoms with Crippen LogP contribution in [0.4, 0.5) is 0 Å². The Bertz CT molecular complexity index is 1680. The maximum atomic E-state index is 11.9. The highest BCUT2D eigenvalue weighted by Gasteiger charge is 2.59. The van der Waals surface area contributed by atoms with Gasteiger partial charge in [-0.1, -0.05) is 0 Å². The SMILES string of the molecule is C[C@@H]1O[C@@H](O[C@@H]2[C@@H](O)[C@H](O)O[C@H](CO)[C@H]2O[C@@H]2OC[C@@H](O)[C@H](O)[C@H]2O)[C@@H](O[C@H]2O[C@H](CO)[C@H](O)[C@H](O)[C@H]2O)[C@H](O[C@H]2O[C@H](C)[C@@H](O)[C@H](O[C@H]3O[C@H](CO)[C@@H](O)[C@H](O)[C@@H]3O)[C@@H]2O)[C@@H]1O[C@@H]1OC[C@@H](O)[C@H](O)[C@H]1O. The zero-order chi connectivity index (χ0) is 52.8. The zero-order valence-electron chi connectivity index (χ0n) is 38.4. The lowest BCUT2D eigenvalue weighted by atomic mass is 9.94. The van der Waals surface area contributed by atoms with E-state index in [1.807, 2.05) is 0 Å². The van der Waals surface area contributed by atoms with Gasteiger partial charge in [0.05, 0.1) is 45.2 Å².